The predicted octanol–water partition coefficient (Wildman–Crippen LogP) is 0.348. The van der Waals surface area contributed by atoms with Gasteiger partial charge in [0.1, 0.15) is 0 Å². The molecule has 0 aromatic carbocycles. The van der Waals surface area contributed by atoms with Crippen molar-refractivity contribution in [1.29, 1.82) is 0 Å². The summed E-state index contributed by atoms with van der Waals surface area (Å²) in [5.74, 6) is 0. The Bertz CT molecular complexity index is 565. The van der Waals surface area contributed by atoms with E-state index in [4.69, 9.17) is 0 Å². The molecule has 0 aromatic rings. The van der Waals surface area contributed by atoms with Gasteiger partial charge in [-0.2, -0.15) is 0 Å². The van der Waals surface area contributed by atoms with Gasteiger partial charge in [0.05, 0.1) is 0 Å². The number of hydrogen-bond acceptors (Lipinski definition) is 1. The number of halogens is 2. The summed E-state index contributed by atoms with van der Waals surface area (Å²) in [5, 5.41) is 0.642. The van der Waals surface area contributed by atoms with Crippen LogP contribution in [0.5, 0.6) is 0 Å². The quantitative estimate of drug-likeness (QED) is 0.592. The van der Waals surface area contributed by atoms with Crippen molar-refractivity contribution in [1.82, 2.24) is 0 Å². The van der Waals surface area contributed by atoms with E-state index in [1.165, 1.54) is 12.0 Å². The summed E-state index contributed by atoms with van der Waals surface area (Å²) in [6.07, 6.45) is 13.1. The topological polar surface area (TPSA) is 0 Å². The summed E-state index contributed by atoms with van der Waals surface area (Å²) in [4.78, 5) is 0. The van der Waals surface area contributed by atoms with Gasteiger partial charge >= 0.3 is 153 Å². The van der Waals surface area contributed by atoms with Crippen molar-refractivity contribution >= 4 is 11.8 Å². The fraction of sp³-hybridized carbons (Fsp3) is 0.600. The van der Waals surface area contributed by atoms with Crippen LogP contribution in [0.1, 0.15) is 60.8 Å². The molecule has 0 fully saturated rings. The summed E-state index contributed by atoms with van der Waals surface area (Å²) in [5.41, 5.74) is 4.84. The van der Waals surface area contributed by atoms with Gasteiger partial charge in [-0.15, -0.1) is 0 Å². The van der Waals surface area contributed by atoms with Crippen LogP contribution < -0.4 is 24.8 Å². The van der Waals surface area contributed by atoms with E-state index in [2.05, 4.69) is 98.0 Å². The van der Waals surface area contributed by atoms with E-state index >= 15 is 0 Å². The van der Waals surface area contributed by atoms with E-state index in [0.717, 1.165) is 12.8 Å². The van der Waals surface area contributed by atoms with Gasteiger partial charge in [-0.1, -0.05) is 0 Å². The zero-order chi connectivity index (χ0) is 16.5. The molecule has 0 saturated carbocycles. The summed E-state index contributed by atoms with van der Waals surface area (Å²) >= 11 is 4.47. The Morgan fingerprint density at radius 1 is 1.25 bits per heavy atom. The van der Waals surface area contributed by atoms with Crippen LogP contribution in [-0.4, -0.2) is 10.00 Å². The van der Waals surface area contributed by atoms with Gasteiger partial charge < -0.3 is 24.8 Å². The van der Waals surface area contributed by atoms with E-state index in [1.807, 2.05) is 0 Å². The molecule has 0 N–H and O–H groups in total. The fourth-order valence-corrected chi connectivity index (χ4v) is 5.81. The standard InChI is InChI=1S/C20H29S.2ClH.Ti/c1-15(2)21-20(14-17-9-7-8-10-17)12-11-16(3)13-18(20)19(4,5)6;;;/h7,9,11,13,15H,8,12,14H2,1-6H3;2*1H;/q;;;+2/p-2. The van der Waals surface area contributed by atoms with Crippen molar-refractivity contribution in [3.05, 3.63) is 44.9 Å². The molecule has 0 spiro atoms. The summed E-state index contributed by atoms with van der Waals surface area (Å²) in [6.45, 7) is 14.0. The molecule has 133 valence electrons. The van der Waals surface area contributed by atoms with Crippen molar-refractivity contribution in [2.45, 2.75) is 70.8 Å². The zero-order valence-corrected chi connectivity index (χ0v) is 19.6. The second-order valence-electron chi connectivity index (χ2n) is 7.91. The van der Waals surface area contributed by atoms with Gasteiger partial charge in [0, 0.05) is 0 Å². The van der Waals surface area contributed by atoms with Crippen LogP contribution in [0.4, 0.5) is 0 Å². The van der Waals surface area contributed by atoms with Crippen molar-refractivity contribution in [3.8, 4) is 0 Å². The first-order chi connectivity index (χ1) is 10.1. The largest absolute Gasteiger partial charge is 1.00 e. The maximum absolute atomic E-state index is 2.47. The monoisotopic (exact) mass is 419 g/mol. The van der Waals surface area contributed by atoms with Crippen molar-refractivity contribution in [2.24, 2.45) is 5.41 Å². The van der Waals surface area contributed by atoms with Crippen LogP contribution in [0.25, 0.3) is 0 Å². The summed E-state index contributed by atoms with van der Waals surface area (Å²) < 4.78 is 1.78. The Hall–Kier alpha value is 0.604. The maximum Gasteiger partial charge on any atom is -1.00 e. The molecule has 24 heavy (non-hydrogen) atoms. The van der Waals surface area contributed by atoms with E-state index in [0.29, 0.717) is 5.25 Å². The molecular formula is C20H29Cl2STi. The third-order valence-electron chi connectivity index (χ3n) is 4.39. The van der Waals surface area contributed by atoms with E-state index in [9.17, 15) is 0 Å². The SMILES string of the molecule is CC1=CCC(CC2=[C]([Ti+2])CC=C2)(SC(C)C)C(C(C)(C)C)=C1.[Cl-].[Cl-]. The van der Waals surface area contributed by atoms with Crippen molar-refractivity contribution < 1.29 is 45.2 Å². The third kappa shape index (κ3) is 5.81. The zero-order valence-electron chi connectivity index (χ0n) is 15.7. The first-order valence-corrected chi connectivity index (χ1v) is 9.97. The van der Waals surface area contributed by atoms with Crippen LogP contribution in [0.3, 0.4) is 0 Å². The summed E-state index contributed by atoms with van der Waals surface area (Å²) in [6, 6.07) is 0. The first-order valence-electron chi connectivity index (χ1n) is 8.31. The molecule has 0 heterocycles. The Kier molecular flexibility index (Phi) is 9.75. The molecule has 0 saturated heterocycles. The molecule has 1 atom stereocenters. The molecule has 0 bridgehead atoms. The average molecular weight is 420 g/mol. The smallest absolute Gasteiger partial charge is 1.00 e. The second kappa shape index (κ2) is 9.51. The molecule has 2 rings (SSSR count). The minimum Gasteiger partial charge on any atom is -1.00 e. The Morgan fingerprint density at radius 2 is 1.88 bits per heavy atom. The molecule has 0 aliphatic heterocycles. The second-order valence-corrected chi connectivity index (χ2v) is 10.8. The molecule has 0 aromatic heterocycles. The number of hydrogen-bond donors (Lipinski definition) is 0. The molecule has 2 aliphatic rings. The molecule has 0 nitrogen and oxygen atoms in total. The van der Waals surface area contributed by atoms with Crippen LogP contribution in [0.2, 0.25) is 0 Å². The predicted molar refractivity (Wildman–Crippen MR) is 96.8 cm³/mol. The van der Waals surface area contributed by atoms with E-state index in [-0.39, 0.29) is 35.0 Å². The third-order valence-corrected chi connectivity index (χ3v) is 6.66. The van der Waals surface area contributed by atoms with Gasteiger partial charge in [0.2, 0.25) is 0 Å². The van der Waals surface area contributed by atoms with Gasteiger partial charge in [-0.05, 0) is 0 Å². The van der Waals surface area contributed by atoms with Crippen LogP contribution in [0, 0.1) is 5.41 Å². The Morgan fingerprint density at radius 3 is 2.33 bits per heavy atom. The van der Waals surface area contributed by atoms with Gasteiger partial charge in [-0.25, -0.2) is 0 Å². The van der Waals surface area contributed by atoms with Gasteiger partial charge in [0.25, 0.3) is 0 Å². The number of thioether (sulfide) groups is 1. The number of rotatable bonds is 4. The first kappa shape index (κ1) is 24.6. The molecule has 0 amide bonds. The van der Waals surface area contributed by atoms with Crippen molar-refractivity contribution in [3.63, 3.8) is 0 Å². The summed E-state index contributed by atoms with van der Waals surface area (Å²) in [7, 11) is 0. The normalized spacial score (nSPS) is 23.7. The maximum atomic E-state index is 2.47. The molecule has 2 aliphatic carbocycles. The van der Waals surface area contributed by atoms with Gasteiger partial charge in [0.15, 0.2) is 0 Å². The van der Waals surface area contributed by atoms with Crippen LogP contribution in [0.15, 0.2) is 44.9 Å². The number of allylic oxidation sites excluding steroid dienone is 7. The van der Waals surface area contributed by atoms with Crippen molar-refractivity contribution in [2.75, 3.05) is 0 Å². The van der Waals surface area contributed by atoms with Gasteiger partial charge in [-0.3, -0.25) is 0 Å². The molecule has 0 radical (unpaired) electrons. The fourth-order valence-electron chi connectivity index (χ4n) is 3.55. The average Bonchev–Trinajstić information content (AvgIpc) is 2.76. The Balaban J connectivity index is 0.00000264. The molecule has 1 unspecified atom stereocenters. The van der Waals surface area contributed by atoms with Crippen LogP contribution in [-0.2, 0) is 20.4 Å². The minimum atomic E-state index is 0. The molecular weight excluding hydrogens is 391 g/mol. The van der Waals surface area contributed by atoms with E-state index in [1.54, 1.807) is 15.0 Å². The minimum absolute atomic E-state index is 0. The Labute approximate surface area is 177 Å². The van der Waals surface area contributed by atoms with Crippen LogP contribution >= 0.6 is 11.8 Å². The van der Waals surface area contributed by atoms with E-state index < -0.39 is 0 Å². The molecule has 4 heteroatoms.